The van der Waals surface area contributed by atoms with Crippen LogP contribution in [0.5, 0.6) is 0 Å². The van der Waals surface area contributed by atoms with Crippen molar-refractivity contribution in [3.05, 3.63) is 65.9 Å². The number of fused-ring (bicyclic) bond motifs is 2. The van der Waals surface area contributed by atoms with Gasteiger partial charge in [0.2, 0.25) is 0 Å². The Morgan fingerprint density at radius 1 is 1.21 bits per heavy atom. The molecule has 0 unspecified atom stereocenters. The number of rotatable bonds is 4. The van der Waals surface area contributed by atoms with Gasteiger partial charge in [-0.3, -0.25) is 9.78 Å². The molecule has 8 nitrogen and oxygen atoms in total. The molecule has 8 heteroatoms. The molecule has 1 saturated heterocycles. The van der Waals surface area contributed by atoms with Gasteiger partial charge in [-0.15, -0.1) is 0 Å². The Morgan fingerprint density at radius 2 is 2.09 bits per heavy atom. The quantitative estimate of drug-likeness (QED) is 0.512. The number of nitrogens with zero attached hydrogens (tertiary/aromatic N) is 5. The highest BCUT2D eigenvalue weighted by Crippen LogP contribution is 2.28. The summed E-state index contributed by atoms with van der Waals surface area (Å²) in [6, 6.07) is 11.6. The van der Waals surface area contributed by atoms with E-state index in [-0.39, 0.29) is 18.0 Å². The van der Waals surface area contributed by atoms with Crippen molar-refractivity contribution in [1.29, 1.82) is 0 Å². The van der Waals surface area contributed by atoms with Gasteiger partial charge in [0.25, 0.3) is 5.91 Å². The number of aryl methyl sites for hydroxylation is 1. The predicted octanol–water partition coefficient (Wildman–Crippen LogP) is 3.92. The molecule has 1 N–H and O–H groups in total. The van der Waals surface area contributed by atoms with Gasteiger partial charge in [0.15, 0.2) is 5.82 Å². The lowest BCUT2D eigenvalue weighted by Gasteiger charge is -2.33. The average molecular weight is 443 g/mol. The topological polar surface area (TPSA) is 93.1 Å². The number of aromatic nitrogens is 4. The molecule has 2 atom stereocenters. The fraction of sp³-hybridized carbons (Fsp3) is 0.320. The Balaban J connectivity index is 1.56. The third-order valence-electron chi connectivity index (χ3n) is 6.11. The lowest BCUT2D eigenvalue weighted by molar-refractivity contribution is 0.00338. The molecule has 1 fully saturated rings. The zero-order valence-electron chi connectivity index (χ0n) is 18.9. The highest BCUT2D eigenvalue weighted by molar-refractivity contribution is 6.06. The summed E-state index contributed by atoms with van der Waals surface area (Å²) in [6.45, 7) is 7.67. The summed E-state index contributed by atoms with van der Waals surface area (Å²) in [5.74, 6) is 0.571. The average Bonchev–Trinajstić information content (AvgIpc) is 2.83. The van der Waals surface area contributed by atoms with Crippen LogP contribution < -0.4 is 5.32 Å². The van der Waals surface area contributed by atoms with Crippen LogP contribution >= 0.6 is 0 Å². The number of nitrogens with one attached hydrogen (secondary N) is 1. The second-order valence-electron chi connectivity index (χ2n) is 8.45. The third-order valence-corrected chi connectivity index (χ3v) is 6.11. The van der Waals surface area contributed by atoms with Gasteiger partial charge >= 0.3 is 0 Å². The maximum absolute atomic E-state index is 13.6. The largest absolute Gasteiger partial charge is 0.377 e. The molecule has 0 saturated carbocycles. The number of hydrogen-bond acceptors (Lipinski definition) is 7. The second kappa shape index (κ2) is 8.71. The molecule has 1 amide bonds. The summed E-state index contributed by atoms with van der Waals surface area (Å²) in [5, 5.41) is 5.30. The number of carbonyl (C=O) groups excluding carboxylic acids is 1. The van der Waals surface area contributed by atoms with E-state index in [4.69, 9.17) is 9.72 Å². The summed E-state index contributed by atoms with van der Waals surface area (Å²) < 4.78 is 5.53. The molecule has 0 spiro atoms. The number of carbonyl (C=O) groups is 1. The molecule has 168 valence electrons. The third kappa shape index (κ3) is 3.98. The van der Waals surface area contributed by atoms with E-state index < -0.39 is 0 Å². The molecule has 3 aromatic heterocycles. The number of pyridine rings is 2. The van der Waals surface area contributed by atoms with E-state index in [2.05, 4.69) is 20.3 Å². The summed E-state index contributed by atoms with van der Waals surface area (Å²) >= 11 is 0. The highest BCUT2D eigenvalue weighted by Gasteiger charge is 2.28. The summed E-state index contributed by atoms with van der Waals surface area (Å²) in [7, 11) is 0. The standard InChI is InChI=1S/C25H26N6O2/c1-15-6-4-7-18-12-20(17(3)29-24-22-19(27-14-28-24)8-5-9-26-22)30-23(21(15)18)25(32)31-10-11-33-13-16(31)2/h4-9,12,14,16-17H,10-11,13H2,1-3H3,(H,27,28,29)/t16-,17-/m0/s1. The van der Waals surface area contributed by atoms with E-state index in [1.54, 1.807) is 6.20 Å². The molecule has 4 aromatic rings. The van der Waals surface area contributed by atoms with Gasteiger partial charge in [-0.1, -0.05) is 18.2 Å². The van der Waals surface area contributed by atoms with E-state index in [0.29, 0.717) is 36.8 Å². The minimum Gasteiger partial charge on any atom is -0.377 e. The van der Waals surface area contributed by atoms with Gasteiger partial charge in [0.1, 0.15) is 17.5 Å². The van der Waals surface area contributed by atoms with Gasteiger partial charge in [0, 0.05) is 18.1 Å². The van der Waals surface area contributed by atoms with Crippen LogP contribution in [0, 0.1) is 6.92 Å². The van der Waals surface area contributed by atoms with E-state index in [0.717, 1.165) is 27.5 Å². The zero-order chi connectivity index (χ0) is 22.9. The van der Waals surface area contributed by atoms with E-state index in [1.807, 2.05) is 62.1 Å². The maximum Gasteiger partial charge on any atom is 0.273 e. The molecule has 0 aliphatic carbocycles. The Bertz CT molecular complexity index is 1340. The van der Waals surface area contributed by atoms with Crippen LogP contribution in [-0.4, -0.2) is 56.5 Å². The Hall–Kier alpha value is -3.65. The SMILES string of the molecule is Cc1cccc2cc([C@H](C)Nc3ncnc4cccnc34)nc(C(=O)N3CCOC[C@@H]3C)c12. The van der Waals surface area contributed by atoms with Crippen molar-refractivity contribution in [2.45, 2.75) is 32.9 Å². The molecule has 1 aromatic carbocycles. The van der Waals surface area contributed by atoms with Crippen molar-refractivity contribution in [1.82, 2.24) is 24.8 Å². The van der Waals surface area contributed by atoms with Gasteiger partial charge < -0.3 is 15.0 Å². The van der Waals surface area contributed by atoms with Crippen LogP contribution in [0.25, 0.3) is 21.8 Å². The molecule has 0 radical (unpaired) electrons. The number of benzene rings is 1. The molecule has 33 heavy (non-hydrogen) atoms. The maximum atomic E-state index is 13.6. The number of amides is 1. The fourth-order valence-corrected chi connectivity index (χ4v) is 4.33. The van der Waals surface area contributed by atoms with Gasteiger partial charge in [0.05, 0.1) is 36.5 Å². The lowest BCUT2D eigenvalue weighted by Crippen LogP contribution is -2.47. The van der Waals surface area contributed by atoms with Gasteiger partial charge in [-0.25, -0.2) is 15.0 Å². The minimum atomic E-state index is -0.205. The molecule has 0 bridgehead atoms. The number of morpholine rings is 1. The highest BCUT2D eigenvalue weighted by atomic mass is 16.5. The number of hydrogen-bond donors (Lipinski definition) is 1. The second-order valence-corrected chi connectivity index (χ2v) is 8.45. The van der Waals surface area contributed by atoms with Gasteiger partial charge in [-0.05, 0) is 49.9 Å². The van der Waals surface area contributed by atoms with E-state index in [9.17, 15) is 4.79 Å². The van der Waals surface area contributed by atoms with E-state index in [1.165, 1.54) is 6.33 Å². The summed E-state index contributed by atoms with van der Waals surface area (Å²) in [4.78, 5) is 33.5. The van der Waals surface area contributed by atoms with Crippen LogP contribution in [0.3, 0.4) is 0 Å². The van der Waals surface area contributed by atoms with Crippen LogP contribution in [-0.2, 0) is 4.74 Å². The Labute approximate surface area is 192 Å². The zero-order valence-corrected chi connectivity index (χ0v) is 18.9. The van der Waals surface area contributed by atoms with Crippen LogP contribution in [0.2, 0.25) is 0 Å². The summed E-state index contributed by atoms with van der Waals surface area (Å²) in [6.07, 6.45) is 3.24. The van der Waals surface area contributed by atoms with Crippen LogP contribution in [0.15, 0.2) is 48.9 Å². The van der Waals surface area contributed by atoms with Crippen molar-refractivity contribution in [3.63, 3.8) is 0 Å². The van der Waals surface area contributed by atoms with Crippen molar-refractivity contribution in [2.75, 3.05) is 25.1 Å². The fourth-order valence-electron chi connectivity index (χ4n) is 4.33. The summed E-state index contributed by atoms with van der Waals surface area (Å²) in [5.41, 5.74) is 3.74. The normalized spacial score (nSPS) is 17.3. The molecule has 5 rings (SSSR count). The number of ether oxygens (including phenoxy) is 1. The first kappa shape index (κ1) is 21.2. The predicted molar refractivity (Wildman–Crippen MR) is 127 cm³/mol. The van der Waals surface area contributed by atoms with Crippen molar-refractivity contribution >= 4 is 33.5 Å². The van der Waals surface area contributed by atoms with Crippen LogP contribution in [0.1, 0.15) is 41.6 Å². The first-order valence-electron chi connectivity index (χ1n) is 11.1. The molecular weight excluding hydrogens is 416 g/mol. The first-order valence-corrected chi connectivity index (χ1v) is 11.1. The van der Waals surface area contributed by atoms with Crippen molar-refractivity contribution < 1.29 is 9.53 Å². The van der Waals surface area contributed by atoms with E-state index >= 15 is 0 Å². The number of anilines is 1. The van der Waals surface area contributed by atoms with Crippen molar-refractivity contribution in [2.24, 2.45) is 0 Å². The molecular formula is C25H26N6O2. The molecule has 1 aliphatic rings. The van der Waals surface area contributed by atoms with Crippen LogP contribution in [0.4, 0.5) is 5.82 Å². The Morgan fingerprint density at radius 3 is 2.94 bits per heavy atom. The lowest BCUT2D eigenvalue weighted by atomic mass is 10.0. The monoisotopic (exact) mass is 442 g/mol. The Kier molecular flexibility index (Phi) is 5.60. The van der Waals surface area contributed by atoms with Gasteiger partial charge in [-0.2, -0.15) is 0 Å². The molecule has 4 heterocycles. The molecule has 1 aliphatic heterocycles. The van der Waals surface area contributed by atoms with Crippen molar-refractivity contribution in [3.8, 4) is 0 Å². The minimum absolute atomic E-state index is 0.00443. The first-order chi connectivity index (χ1) is 16.0. The smallest absolute Gasteiger partial charge is 0.273 e.